The lowest BCUT2D eigenvalue weighted by atomic mass is 9.51. The van der Waals surface area contributed by atoms with Gasteiger partial charge in [0.25, 0.3) is 0 Å². The fourth-order valence-corrected chi connectivity index (χ4v) is 2.64. The van der Waals surface area contributed by atoms with Gasteiger partial charge in [-0.15, -0.1) is 11.3 Å². The van der Waals surface area contributed by atoms with Crippen molar-refractivity contribution in [2.24, 2.45) is 5.10 Å². The molecule has 0 aliphatic rings. The molecule has 0 saturated heterocycles. The van der Waals surface area contributed by atoms with Crippen LogP contribution in [0.3, 0.4) is 0 Å². The summed E-state index contributed by atoms with van der Waals surface area (Å²) >= 11 is 1.85. The Labute approximate surface area is 103 Å². The van der Waals surface area contributed by atoms with Crippen LogP contribution in [-0.4, -0.2) is 19.0 Å². The van der Waals surface area contributed by atoms with E-state index in [4.69, 9.17) is 0 Å². The van der Waals surface area contributed by atoms with E-state index in [1.165, 1.54) is 21.0 Å². The Hall–Kier alpha value is -0.765. The van der Waals surface area contributed by atoms with Crippen molar-refractivity contribution in [3.63, 3.8) is 0 Å². The Morgan fingerprint density at radius 3 is 2.56 bits per heavy atom. The van der Waals surface area contributed by atoms with Crippen molar-refractivity contribution in [2.75, 3.05) is 6.54 Å². The fourth-order valence-electron chi connectivity index (χ4n) is 1.69. The number of rotatable bonds is 5. The van der Waals surface area contributed by atoms with Gasteiger partial charge in [0.05, 0.1) is 5.71 Å². The molecule has 16 heavy (non-hydrogen) atoms. The molecule has 0 amide bonds. The van der Waals surface area contributed by atoms with Crippen LogP contribution in [0.15, 0.2) is 11.2 Å². The molecule has 0 unspecified atom stereocenters. The van der Waals surface area contributed by atoms with E-state index in [-0.39, 0.29) is 0 Å². The molecule has 1 heterocycles. The van der Waals surface area contributed by atoms with Crippen LogP contribution in [0.1, 0.15) is 22.2 Å². The van der Waals surface area contributed by atoms with Gasteiger partial charge in [-0.1, -0.05) is 13.6 Å². The molecule has 0 aromatic carbocycles. The summed E-state index contributed by atoms with van der Waals surface area (Å²) in [6, 6.07) is 2.25. The van der Waals surface area contributed by atoms with Gasteiger partial charge in [-0.05, 0) is 33.2 Å². The van der Waals surface area contributed by atoms with E-state index in [9.17, 15) is 0 Å². The zero-order chi connectivity index (χ0) is 12.1. The number of nitrogens with zero attached hydrogens (tertiary/aromatic N) is 1. The Morgan fingerprint density at radius 2 is 2.12 bits per heavy atom. The lowest BCUT2D eigenvalue weighted by Gasteiger charge is -2.07. The summed E-state index contributed by atoms with van der Waals surface area (Å²) in [6.45, 7) is 12.4. The van der Waals surface area contributed by atoms with Crippen molar-refractivity contribution in [1.29, 1.82) is 0 Å². The minimum absolute atomic E-state index is 0.636. The maximum atomic E-state index is 4.50. The second kappa shape index (κ2) is 6.09. The average molecular weight is 236 g/mol. The largest absolute Gasteiger partial charge is 0.310 e. The van der Waals surface area contributed by atoms with Crippen LogP contribution in [0.25, 0.3) is 0 Å². The van der Waals surface area contributed by atoms with Gasteiger partial charge in [-0.2, -0.15) is 5.10 Å². The minimum Gasteiger partial charge on any atom is -0.310 e. The summed E-state index contributed by atoms with van der Waals surface area (Å²) in [7, 11) is 0. The van der Waals surface area contributed by atoms with Crippen LogP contribution in [0, 0.1) is 13.8 Å². The van der Waals surface area contributed by atoms with Gasteiger partial charge in [0.2, 0.25) is 0 Å². The van der Waals surface area contributed by atoms with Gasteiger partial charge in [-0.25, -0.2) is 0 Å². The molecule has 1 N–H and O–H groups in total. The highest BCUT2D eigenvalue weighted by Crippen LogP contribution is 2.22. The van der Waals surface area contributed by atoms with E-state index in [2.05, 4.69) is 51.0 Å². The first-order valence-electron chi connectivity index (χ1n) is 5.91. The van der Waals surface area contributed by atoms with Gasteiger partial charge < -0.3 is 5.43 Å². The summed E-state index contributed by atoms with van der Waals surface area (Å²) < 4.78 is 0. The zero-order valence-corrected chi connectivity index (χ0v) is 11.7. The molecule has 2 nitrogen and oxygen atoms in total. The monoisotopic (exact) mass is 236 g/mol. The average Bonchev–Trinajstić information content (AvgIpc) is 2.52. The standard InChI is InChI=1S/C12H21BN2S/c1-6-14-15-12(8-13(4)5)11-7-9(2)16-10(11)3/h7,14H,6,8H2,1-5H3. The van der Waals surface area contributed by atoms with Gasteiger partial charge in [0.1, 0.15) is 6.71 Å². The van der Waals surface area contributed by atoms with Crippen LogP contribution in [0.5, 0.6) is 0 Å². The van der Waals surface area contributed by atoms with Crippen molar-refractivity contribution in [3.8, 4) is 0 Å². The second-order valence-corrected chi connectivity index (χ2v) is 5.96. The first kappa shape index (κ1) is 13.3. The van der Waals surface area contributed by atoms with E-state index in [0.29, 0.717) is 6.71 Å². The van der Waals surface area contributed by atoms with Crippen LogP contribution >= 0.6 is 11.3 Å². The molecule has 0 bridgehead atoms. The smallest absolute Gasteiger partial charge is 0.140 e. The molecule has 1 aromatic heterocycles. The van der Waals surface area contributed by atoms with Crippen molar-refractivity contribution >= 4 is 23.8 Å². The highest BCUT2D eigenvalue weighted by molar-refractivity contribution is 7.12. The van der Waals surface area contributed by atoms with Crippen molar-refractivity contribution in [2.45, 2.75) is 40.7 Å². The summed E-state index contributed by atoms with van der Waals surface area (Å²) in [5, 5.41) is 4.50. The predicted molar refractivity (Wildman–Crippen MR) is 76.3 cm³/mol. The number of nitrogens with one attached hydrogen (secondary N) is 1. The quantitative estimate of drug-likeness (QED) is 0.472. The zero-order valence-electron chi connectivity index (χ0n) is 10.9. The Bertz CT molecular complexity index is 369. The second-order valence-electron chi connectivity index (χ2n) is 4.50. The van der Waals surface area contributed by atoms with E-state index < -0.39 is 0 Å². The van der Waals surface area contributed by atoms with Gasteiger partial charge in [0.15, 0.2) is 0 Å². The third-order valence-corrected chi connectivity index (χ3v) is 3.29. The first-order valence-corrected chi connectivity index (χ1v) is 6.73. The summed E-state index contributed by atoms with van der Waals surface area (Å²) in [6.07, 6.45) is 1.03. The number of aryl methyl sites for hydroxylation is 2. The molecule has 1 aromatic rings. The van der Waals surface area contributed by atoms with Crippen LogP contribution < -0.4 is 5.43 Å². The number of thiophene rings is 1. The normalized spacial score (nSPS) is 11.7. The van der Waals surface area contributed by atoms with Gasteiger partial charge in [-0.3, -0.25) is 0 Å². The molecule has 0 aliphatic heterocycles. The molecular weight excluding hydrogens is 215 g/mol. The molecule has 0 aliphatic carbocycles. The Balaban J connectivity index is 2.96. The van der Waals surface area contributed by atoms with Crippen molar-refractivity contribution in [3.05, 3.63) is 21.4 Å². The van der Waals surface area contributed by atoms with Crippen molar-refractivity contribution in [1.82, 2.24) is 5.43 Å². The molecule has 0 atom stereocenters. The SMILES string of the molecule is CCNN=C(CB(C)C)c1cc(C)sc1C. The number of hydrazone groups is 1. The van der Waals surface area contributed by atoms with E-state index in [1.807, 2.05) is 11.3 Å². The topological polar surface area (TPSA) is 24.4 Å². The van der Waals surface area contributed by atoms with Crippen LogP contribution in [-0.2, 0) is 0 Å². The molecule has 0 spiro atoms. The highest BCUT2D eigenvalue weighted by Gasteiger charge is 2.13. The molecule has 0 radical (unpaired) electrons. The molecule has 0 fully saturated rings. The summed E-state index contributed by atoms with van der Waals surface area (Å²) in [5.74, 6) is 0. The maximum Gasteiger partial charge on any atom is 0.140 e. The Kier molecular flexibility index (Phi) is 5.06. The minimum atomic E-state index is 0.636. The summed E-state index contributed by atoms with van der Waals surface area (Å²) in [5.41, 5.74) is 5.59. The highest BCUT2D eigenvalue weighted by atomic mass is 32.1. The predicted octanol–water partition coefficient (Wildman–Crippen LogP) is 3.43. The lowest BCUT2D eigenvalue weighted by Crippen LogP contribution is -2.15. The first-order chi connectivity index (χ1) is 7.54. The van der Waals surface area contributed by atoms with Gasteiger partial charge in [0, 0.05) is 21.9 Å². The molecule has 1 rings (SSSR count). The lowest BCUT2D eigenvalue weighted by molar-refractivity contribution is 0.782. The molecule has 88 valence electrons. The number of hydrogen-bond acceptors (Lipinski definition) is 3. The summed E-state index contributed by atoms with van der Waals surface area (Å²) in [4.78, 5) is 2.73. The molecule has 0 saturated carbocycles. The fraction of sp³-hybridized carbons (Fsp3) is 0.583. The molecular formula is C12H21BN2S. The van der Waals surface area contributed by atoms with Gasteiger partial charge >= 0.3 is 0 Å². The third-order valence-electron chi connectivity index (χ3n) is 2.33. The third kappa shape index (κ3) is 3.67. The number of hydrogen-bond donors (Lipinski definition) is 1. The van der Waals surface area contributed by atoms with Crippen LogP contribution in [0.4, 0.5) is 0 Å². The molecule has 4 heteroatoms. The van der Waals surface area contributed by atoms with Crippen LogP contribution in [0.2, 0.25) is 20.0 Å². The van der Waals surface area contributed by atoms with E-state index in [0.717, 1.165) is 12.9 Å². The maximum absolute atomic E-state index is 4.50. The van der Waals surface area contributed by atoms with E-state index >= 15 is 0 Å². The Morgan fingerprint density at radius 1 is 1.44 bits per heavy atom. The van der Waals surface area contributed by atoms with E-state index in [1.54, 1.807) is 0 Å². The van der Waals surface area contributed by atoms with Crippen molar-refractivity contribution < 1.29 is 0 Å².